The number of thioether (sulfide) groups is 2. The molecule has 0 aliphatic carbocycles. The Kier molecular flexibility index (Phi) is 6.65. The first-order valence-electron chi connectivity index (χ1n) is 7.92. The molecule has 1 aromatic carbocycles. The first-order chi connectivity index (χ1) is 13.4. The number of benzene rings is 1. The zero-order chi connectivity index (χ0) is 20.1. The number of nitrogens with two attached hydrogens (primary N) is 1. The minimum atomic E-state index is -0.508. The van der Waals surface area contributed by atoms with Crippen LogP contribution in [0.15, 0.2) is 33.5 Å². The van der Waals surface area contributed by atoms with Crippen molar-refractivity contribution in [2.45, 2.75) is 4.34 Å². The van der Waals surface area contributed by atoms with Crippen molar-refractivity contribution in [2.75, 3.05) is 24.6 Å². The predicted octanol–water partition coefficient (Wildman–Crippen LogP) is 2.20. The molecule has 1 fully saturated rings. The highest BCUT2D eigenvalue weighted by Crippen LogP contribution is 2.32. The van der Waals surface area contributed by atoms with Crippen LogP contribution in [0.5, 0.6) is 0 Å². The van der Waals surface area contributed by atoms with Gasteiger partial charge in [0.25, 0.3) is 11.1 Å². The number of aromatic nitrogens is 2. The standard InChI is InChI=1S/C16H14FN5O3S3/c17-10-4-2-1-3-9(10)7-11-13(24)22(16(25)27-11)6-5-19-12(23)8-26-15-21-20-14(18)28-15/h1-4,7H,5-6,8H2,(H2,18,20)(H,19,23)/b11-7-. The van der Waals surface area contributed by atoms with E-state index in [-0.39, 0.29) is 35.2 Å². The van der Waals surface area contributed by atoms with Crippen LogP contribution in [0.1, 0.15) is 5.56 Å². The topological polar surface area (TPSA) is 118 Å². The fraction of sp³-hybridized carbons (Fsp3) is 0.188. The average Bonchev–Trinajstić information content (AvgIpc) is 3.19. The third-order valence-electron chi connectivity index (χ3n) is 3.47. The highest BCUT2D eigenvalue weighted by molar-refractivity contribution is 8.18. The van der Waals surface area contributed by atoms with Crippen molar-refractivity contribution in [2.24, 2.45) is 0 Å². The van der Waals surface area contributed by atoms with Gasteiger partial charge in [0, 0.05) is 18.7 Å². The lowest BCUT2D eigenvalue weighted by Gasteiger charge is -2.12. The summed E-state index contributed by atoms with van der Waals surface area (Å²) in [7, 11) is 0. The number of nitrogens with zero attached hydrogens (tertiary/aromatic N) is 3. The molecule has 12 heteroatoms. The monoisotopic (exact) mass is 439 g/mol. The summed E-state index contributed by atoms with van der Waals surface area (Å²) < 4.78 is 14.3. The molecule has 1 aliphatic rings. The van der Waals surface area contributed by atoms with Crippen molar-refractivity contribution in [1.82, 2.24) is 20.4 Å². The summed E-state index contributed by atoms with van der Waals surface area (Å²) >= 11 is 3.12. The van der Waals surface area contributed by atoms with Crippen molar-refractivity contribution < 1.29 is 18.8 Å². The molecule has 1 aliphatic heterocycles. The van der Waals surface area contributed by atoms with Crippen LogP contribution in [0.25, 0.3) is 6.08 Å². The van der Waals surface area contributed by atoms with Gasteiger partial charge in [0.15, 0.2) is 4.34 Å². The maximum Gasteiger partial charge on any atom is 0.293 e. The van der Waals surface area contributed by atoms with Gasteiger partial charge in [-0.1, -0.05) is 41.3 Å². The fourth-order valence-corrected chi connectivity index (χ4v) is 4.51. The zero-order valence-corrected chi connectivity index (χ0v) is 16.7. The number of rotatable bonds is 7. The molecular formula is C16H14FN5O3S3. The quantitative estimate of drug-likeness (QED) is 0.498. The molecule has 8 nitrogen and oxygen atoms in total. The number of halogens is 1. The van der Waals surface area contributed by atoms with Gasteiger partial charge in [-0.05, 0) is 23.9 Å². The highest BCUT2D eigenvalue weighted by atomic mass is 32.2. The second-order valence-corrected chi connectivity index (χ2v) is 8.62. The van der Waals surface area contributed by atoms with E-state index in [1.165, 1.54) is 41.3 Å². The van der Waals surface area contributed by atoms with Crippen LogP contribution >= 0.6 is 34.9 Å². The van der Waals surface area contributed by atoms with Crippen molar-refractivity contribution in [1.29, 1.82) is 0 Å². The summed E-state index contributed by atoms with van der Waals surface area (Å²) in [6, 6.07) is 5.98. The van der Waals surface area contributed by atoms with Crippen molar-refractivity contribution in [3.63, 3.8) is 0 Å². The van der Waals surface area contributed by atoms with Gasteiger partial charge in [0.05, 0.1) is 10.7 Å². The van der Waals surface area contributed by atoms with E-state index in [2.05, 4.69) is 15.5 Å². The molecule has 0 spiro atoms. The molecular weight excluding hydrogens is 425 g/mol. The van der Waals surface area contributed by atoms with Crippen LogP contribution in [-0.2, 0) is 9.59 Å². The third kappa shape index (κ3) is 5.09. The zero-order valence-electron chi connectivity index (χ0n) is 14.3. The number of anilines is 1. The molecule has 3 rings (SSSR count). The van der Waals surface area contributed by atoms with Crippen molar-refractivity contribution in [3.8, 4) is 0 Å². The minimum absolute atomic E-state index is 0.0292. The summed E-state index contributed by atoms with van der Waals surface area (Å²) in [4.78, 5) is 37.4. The predicted molar refractivity (Wildman–Crippen MR) is 107 cm³/mol. The van der Waals surface area contributed by atoms with Gasteiger partial charge >= 0.3 is 0 Å². The fourth-order valence-electron chi connectivity index (χ4n) is 2.19. The molecule has 28 heavy (non-hydrogen) atoms. The van der Waals surface area contributed by atoms with Crippen LogP contribution in [-0.4, -0.2) is 51.0 Å². The molecule has 2 aromatic rings. The van der Waals surface area contributed by atoms with Crippen LogP contribution < -0.4 is 11.1 Å². The first-order valence-corrected chi connectivity index (χ1v) is 10.5. The van der Waals surface area contributed by atoms with E-state index in [9.17, 15) is 18.8 Å². The molecule has 2 heterocycles. The van der Waals surface area contributed by atoms with Gasteiger partial charge in [-0.3, -0.25) is 19.3 Å². The Morgan fingerprint density at radius 1 is 1.32 bits per heavy atom. The lowest BCUT2D eigenvalue weighted by atomic mass is 10.2. The summed E-state index contributed by atoms with van der Waals surface area (Å²) in [5, 5.41) is 9.94. The molecule has 3 N–H and O–H groups in total. The molecule has 1 aromatic heterocycles. The number of hydrogen-bond donors (Lipinski definition) is 2. The Hall–Kier alpha value is -2.44. The van der Waals surface area contributed by atoms with Crippen LogP contribution in [0.2, 0.25) is 0 Å². The largest absolute Gasteiger partial charge is 0.374 e. The minimum Gasteiger partial charge on any atom is -0.374 e. The van der Waals surface area contributed by atoms with Crippen molar-refractivity contribution in [3.05, 3.63) is 40.6 Å². The van der Waals surface area contributed by atoms with Gasteiger partial charge in [-0.15, -0.1) is 10.2 Å². The molecule has 0 atom stereocenters. The second kappa shape index (κ2) is 9.17. The van der Waals surface area contributed by atoms with Gasteiger partial charge in [-0.2, -0.15) is 0 Å². The molecule has 1 saturated heterocycles. The number of nitrogens with one attached hydrogen (secondary N) is 1. The van der Waals surface area contributed by atoms with Crippen LogP contribution in [0, 0.1) is 5.82 Å². The Morgan fingerprint density at radius 3 is 2.82 bits per heavy atom. The number of amides is 3. The summed E-state index contributed by atoms with van der Waals surface area (Å²) in [6.07, 6.45) is 1.35. The second-order valence-electron chi connectivity index (χ2n) is 5.40. The molecule has 146 valence electrons. The first kappa shape index (κ1) is 20.3. The lowest BCUT2D eigenvalue weighted by molar-refractivity contribution is -0.123. The van der Waals surface area contributed by atoms with Crippen LogP contribution in [0.4, 0.5) is 14.3 Å². The van der Waals surface area contributed by atoms with E-state index in [0.29, 0.717) is 9.47 Å². The van der Waals surface area contributed by atoms with Crippen molar-refractivity contribution >= 4 is 63.1 Å². The number of hydrogen-bond acceptors (Lipinski definition) is 9. The normalized spacial score (nSPS) is 15.5. The summed E-state index contributed by atoms with van der Waals surface area (Å²) in [5.74, 6) is -1.14. The maximum atomic E-state index is 13.7. The van der Waals surface area contributed by atoms with Gasteiger partial charge in [0.2, 0.25) is 11.0 Å². The Bertz CT molecular complexity index is 949. The summed E-state index contributed by atoms with van der Waals surface area (Å²) in [6.45, 7) is 0.143. The molecule has 0 bridgehead atoms. The summed E-state index contributed by atoms with van der Waals surface area (Å²) in [5.41, 5.74) is 5.70. The lowest BCUT2D eigenvalue weighted by Crippen LogP contribution is -2.37. The number of carbonyl (C=O) groups is 3. The Balaban J connectivity index is 1.49. The van der Waals surface area contributed by atoms with E-state index in [0.717, 1.165) is 16.7 Å². The average molecular weight is 440 g/mol. The smallest absolute Gasteiger partial charge is 0.293 e. The highest BCUT2D eigenvalue weighted by Gasteiger charge is 2.34. The number of imide groups is 1. The molecule has 0 unspecified atom stereocenters. The Labute approximate surface area is 171 Å². The van der Waals surface area contributed by atoms with E-state index < -0.39 is 17.0 Å². The third-order valence-corrected chi connectivity index (χ3v) is 6.26. The van der Waals surface area contributed by atoms with Crippen LogP contribution in [0.3, 0.4) is 0 Å². The van der Waals surface area contributed by atoms with E-state index in [1.54, 1.807) is 12.1 Å². The van der Waals surface area contributed by atoms with E-state index >= 15 is 0 Å². The number of carbonyl (C=O) groups excluding carboxylic acids is 3. The van der Waals surface area contributed by atoms with E-state index in [4.69, 9.17) is 5.73 Å². The molecule has 3 amide bonds. The molecule has 0 radical (unpaired) electrons. The Morgan fingerprint density at radius 2 is 2.11 bits per heavy atom. The SMILES string of the molecule is Nc1nnc(SCC(=O)NCCN2C(=O)S/C(=C\c3ccccc3F)C2=O)s1. The van der Waals surface area contributed by atoms with E-state index in [1.807, 2.05) is 0 Å². The van der Waals surface area contributed by atoms with Gasteiger partial charge in [0.1, 0.15) is 5.82 Å². The van der Waals surface area contributed by atoms with Gasteiger partial charge in [-0.25, -0.2) is 4.39 Å². The maximum absolute atomic E-state index is 13.7. The van der Waals surface area contributed by atoms with Gasteiger partial charge < -0.3 is 11.1 Å². The molecule has 0 saturated carbocycles. The number of nitrogen functional groups attached to an aromatic ring is 1.